The van der Waals surface area contributed by atoms with Gasteiger partial charge in [-0.3, -0.25) is 4.79 Å². The van der Waals surface area contributed by atoms with Crippen LogP contribution in [-0.4, -0.2) is 16.9 Å². The van der Waals surface area contributed by atoms with E-state index in [0.29, 0.717) is 21.8 Å². The van der Waals surface area contributed by atoms with Gasteiger partial charge in [-0.2, -0.15) is 0 Å². The van der Waals surface area contributed by atoms with E-state index in [4.69, 9.17) is 26.8 Å². The average Bonchev–Trinajstić information content (AvgIpc) is 2.93. The Morgan fingerprint density at radius 2 is 1.73 bits per heavy atom. The highest BCUT2D eigenvalue weighted by atomic mass is 35.5. The van der Waals surface area contributed by atoms with E-state index < -0.39 is 12.1 Å². The number of amides is 1. The van der Waals surface area contributed by atoms with Crippen molar-refractivity contribution in [1.29, 1.82) is 0 Å². The number of aryl methyl sites for hydroxylation is 1. The van der Waals surface area contributed by atoms with E-state index in [-0.39, 0.29) is 24.1 Å². The van der Waals surface area contributed by atoms with Gasteiger partial charge >= 0.3 is 5.97 Å². The SMILES string of the molecule is CCc1cccc(NC(=O)c2cccc([C@@H](Oc3cc(Cl)cnc3N)C(=O)OCc3ccccc3)c2)c1. The number of nitrogen functional groups attached to an aromatic ring is 1. The monoisotopic (exact) mass is 515 g/mol. The van der Waals surface area contributed by atoms with Crippen molar-refractivity contribution in [3.63, 3.8) is 0 Å². The Bertz CT molecular complexity index is 1400. The largest absolute Gasteiger partial charge is 0.470 e. The highest BCUT2D eigenvalue weighted by molar-refractivity contribution is 6.30. The van der Waals surface area contributed by atoms with Crippen molar-refractivity contribution in [2.24, 2.45) is 0 Å². The molecule has 0 aliphatic carbocycles. The van der Waals surface area contributed by atoms with E-state index in [1.807, 2.05) is 61.5 Å². The first-order valence-corrected chi connectivity index (χ1v) is 12.1. The van der Waals surface area contributed by atoms with Crippen LogP contribution in [0.25, 0.3) is 0 Å². The number of esters is 1. The molecule has 0 saturated heterocycles. The number of nitrogens with one attached hydrogen (secondary N) is 1. The highest BCUT2D eigenvalue weighted by Gasteiger charge is 2.27. The number of anilines is 2. The summed E-state index contributed by atoms with van der Waals surface area (Å²) in [5, 5.41) is 3.19. The Hall–Kier alpha value is -4.36. The van der Waals surface area contributed by atoms with Gasteiger partial charge in [0.25, 0.3) is 5.91 Å². The quantitative estimate of drug-likeness (QED) is 0.265. The molecule has 0 fully saturated rings. The summed E-state index contributed by atoms with van der Waals surface area (Å²) in [4.78, 5) is 30.2. The Morgan fingerprint density at radius 1 is 0.973 bits per heavy atom. The summed E-state index contributed by atoms with van der Waals surface area (Å²) in [5.74, 6) is -0.790. The van der Waals surface area contributed by atoms with E-state index in [1.54, 1.807) is 24.3 Å². The van der Waals surface area contributed by atoms with Gasteiger partial charge in [0.2, 0.25) is 6.10 Å². The number of nitrogens with zero attached hydrogens (tertiary/aromatic N) is 1. The van der Waals surface area contributed by atoms with Gasteiger partial charge in [0.15, 0.2) is 11.6 Å². The van der Waals surface area contributed by atoms with E-state index in [0.717, 1.165) is 17.5 Å². The van der Waals surface area contributed by atoms with Crippen LogP contribution in [0.3, 0.4) is 0 Å². The van der Waals surface area contributed by atoms with E-state index in [1.165, 1.54) is 12.3 Å². The molecule has 0 unspecified atom stereocenters. The standard InChI is InChI=1S/C29H26ClN3O4/c1-2-19-10-6-13-24(14-19)33-28(34)22-12-7-11-21(15-22)26(37-25-16-23(30)17-32-27(25)31)29(35)36-18-20-8-4-3-5-9-20/h3-17,26H,2,18H2,1H3,(H2,31,32)(H,33,34)/t26-/m1/s1. The maximum Gasteiger partial charge on any atom is 0.352 e. The van der Waals surface area contributed by atoms with E-state index >= 15 is 0 Å². The fraction of sp³-hybridized carbons (Fsp3) is 0.138. The zero-order chi connectivity index (χ0) is 26.2. The second kappa shape index (κ2) is 12.1. The van der Waals surface area contributed by atoms with Gasteiger partial charge in [0, 0.05) is 29.1 Å². The maximum absolute atomic E-state index is 13.2. The first kappa shape index (κ1) is 25.7. The molecule has 3 N–H and O–H groups in total. The van der Waals surface area contributed by atoms with Crippen LogP contribution in [0, 0.1) is 0 Å². The van der Waals surface area contributed by atoms with Gasteiger partial charge in [-0.15, -0.1) is 0 Å². The molecule has 0 saturated carbocycles. The summed E-state index contributed by atoms with van der Waals surface area (Å²) in [7, 11) is 0. The minimum atomic E-state index is -1.22. The molecule has 7 nitrogen and oxygen atoms in total. The molecule has 188 valence electrons. The third kappa shape index (κ3) is 6.86. The summed E-state index contributed by atoms with van der Waals surface area (Å²) in [5.41, 5.74) is 9.32. The van der Waals surface area contributed by atoms with E-state index in [2.05, 4.69) is 10.3 Å². The summed E-state index contributed by atoms with van der Waals surface area (Å²) in [6, 6.07) is 25.0. The van der Waals surface area contributed by atoms with Crippen molar-refractivity contribution in [3.8, 4) is 5.75 Å². The Balaban J connectivity index is 1.60. The third-order valence-electron chi connectivity index (χ3n) is 5.58. The predicted molar refractivity (Wildman–Crippen MR) is 143 cm³/mol. The van der Waals surface area contributed by atoms with Crippen molar-refractivity contribution >= 4 is 35.0 Å². The molecule has 37 heavy (non-hydrogen) atoms. The molecule has 4 aromatic rings. The molecule has 1 heterocycles. The number of aromatic nitrogens is 1. The number of nitrogens with two attached hydrogens (primary N) is 1. The van der Waals surface area contributed by atoms with Gasteiger partial charge < -0.3 is 20.5 Å². The van der Waals surface area contributed by atoms with Crippen molar-refractivity contribution in [2.45, 2.75) is 26.1 Å². The maximum atomic E-state index is 13.2. The van der Waals surface area contributed by atoms with Crippen LogP contribution in [0.5, 0.6) is 5.75 Å². The summed E-state index contributed by atoms with van der Waals surface area (Å²) in [6.07, 6.45) is 1.01. The second-order valence-corrected chi connectivity index (χ2v) is 8.70. The summed E-state index contributed by atoms with van der Waals surface area (Å²) < 4.78 is 11.5. The van der Waals surface area contributed by atoms with Gasteiger partial charge in [0.1, 0.15) is 6.61 Å². The predicted octanol–water partition coefficient (Wildman–Crippen LogP) is 6.00. The van der Waals surface area contributed by atoms with Gasteiger partial charge in [-0.05, 0) is 41.8 Å². The number of benzene rings is 3. The number of halogens is 1. The summed E-state index contributed by atoms with van der Waals surface area (Å²) >= 11 is 6.07. The van der Waals surface area contributed by atoms with Crippen LogP contribution in [-0.2, 0) is 22.6 Å². The number of ether oxygens (including phenoxy) is 2. The fourth-order valence-electron chi connectivity index (χ4n) is 3.62. The van der Waals surface area contributed by atoms with Crippen LogP contribution in [0.1, 0.15) is 40.1 Å². The first-order chi connectivity index (χ1) is 17.9. The highest BCUT2D eigenvalue weighted by Crippen LogP contribution is 2.30. The molecular formula is C29H26ClN3O4. The molecule has 0 aliphatic heterocycles. The average molecular weight is 516 g/mol. The number of rotatable bonds is 9. The number of pyridine rings is 1. The van der Waals surface area contributed by atoms with Crippen molar-refractivity contribution in [3.05, 3.63) is 118 Å². The molecule has 0 aliphatic rings. The molecule has 3 aromatic carbocycles. The number of hydrogen-bond acceptors (Lipinski definition) is 6. The molecule has 1 atom stereocenters. The van der Waals surface area contributed by atoms with Crippen molar-refractivity contribution < 1.29 is 19.1 Å². The topological polar surface area (TPSA) is 104 Å². The molecule has 8 heteroatoms. The molecular weight excluding hydrogens is 490 g/mol. The van der Waals surface area contributed by atoms with Crippen LogP contribution in [0.4, 0.5) is 11.5 Å². The van der Waals surface area contributed by atoms with Crippen LogP contribution in [0.2, 0.25) is 5.02 Å². The minimum absolute atomic E-state index is 0.0523. The Kier molecular flexibility index (Phi) is 8.38. The number of carbonyl (C=O) groups is 2. The lowest BCUT2D eigenvalue weighted by Gasteiger charge is -2.20. The zero-order valence-electron chi connectivity index (χ0n) is 20.2. The first-order valence-electron chi connectivity index (χ1n) is 11.7. The fourth-order valence-corrected chi connectivity index (χ4v) is 3.77. The van der Waals surface area contributed by atoms with Crippen molar-refractivity contribution in [2.75, 3.05) is 11.1 Å². The number of hydrogen-bond donors (Lipinski definition) is 2. The van der Waals surface area contributed by atoms with Crippen LogP contribution in [0.15, 0.2) is 91.1 Å². The third-order valence-corrected chi connectivity index (χ3v) is 5.78. The second-order valence-electron chi connectivity index (χ2n) is 8.26. The lowest BCUT2D eigenvalue weighted by Crippen LogP contribution is -2.23. The normalized spacial score (nSPS) is 11.4. The zero-order valence-corrected chi connectivity index (χ0v) is 20.9. The molecule has 0 radical (unpaired) electrons. The molecule has 0 spiro atoms. The lowest BCUT2D eigenvalue weighted by molar-refractivity contribution is -0.153. The van der Waals surface area contributed by atoms with Gasteiger partial charge in [0.05, 0.1) is 5.02 Å². The molecule has 1 amide bonds. The van der Waals surface area contributed by atoms with Crippen molar-refractivity contribution in [1.82, 2.24) is 4.98 Å². The van der Waals surface area contributed by atoms with Gasteiger partial charge in [-0.1, -0.05) is 73.1 Å². The molecule has 0 bridgehead atoms. The molecule has 4 rings (SSSR count). The number of carbonyl (C=O) groups excluding carboxylic acids is 2. The smallest absolute Gasteiger partial charge is 0.352 e. The minimum Gasteiger partial charge on any atom is -0.470 e. The summed E-state index contributed by atoms with van der Waals surface area (Å²) in [6.45, 7) is 2.10. The Labute approximate surface area is 220 Å². The lowest BCUT2D eigenvalue weighted by atomic mass is 10.0. The van der Waals surface area contributed by atoms with Crippen LogP contribution < -0.4 is 15.8 Å². The molecule has 1 aromatic heterocycles. The van der Waals surface area contributed by atoms with Crippen LogP contribution >= 0.6 is 11.6 Å². The van der Waals surface area contributed by atoms with Gasteiger partial charge in [-0.25, -0.2) is 9.78 Å². The Morgan fingerprint density at radius 3 is 2.51 bits per heavy atom. The van der Waals surface area contributed by atoms with E-state index in [9.17, 15) is 9.59 Å².